The third-order valence-corrected chi connectivity index (χ3v) is 3.85. The molecular weight excluding hydrogens is 250 g/mol. The Morgan fingerprint density at radius 1 is 0.667 bits per heavy atom. The highest BCUT2D eigenvalue weighted by Crippen LogP contribution is 2.45. The van der Waals surface area contributed by atoms with E-state index in [4.69, 9.17) is 34.8 Å². The number of benzene rings is 2. The first-order valence-electron chi connectivity index (χ1n) is 4.47. The van der Waals surface area contributed by atoms with Gasteiger partial charge in [-0.3, -0.25) is 0 Å². The molecule has 4 bridgehead atoms. The van der Waals surface area contributed by atoms with E-state index in [1.807, 2.05) is 30.3 Å². The lowest BCUT2D eigenvalue weighted by Gasteiger charge is -2.17. The Balaban J connectivity index is 2.55. The quantitative estimate of drug-likeness (QED) is 0.512. The summed E-state index contributed by atoms with van der Waals surface area (Å²) in [6.45, 7) is 0. The maximum absolute atomic E-state index is 6.18. The van der Waals surface area contributed by atoms with Crippen LogP contribution in [0, 0.1) is 0 Å². The summed E-state index contributed by atoms with van der Waals surface area (Å²) in [7, 11) is 0. The van der Waals surface area contributed by atoms with E-state index < -0.39 is 0 Å². The Morgan fingerprint density at radius 2 is 1.27 bits per heavy atom. The van der Waals surface area contributed by atoms with Crippen molar-refractivity contribution in [2.45, 2.75) is 0 Å². The maximum atomic E-state index is 6.18. The molecule has 0 atom stereocenters. The molecule has 74 valence electrons. The Bertz CT molecular complexity index is 573. The lowest BCUT2D eigenvalue weighted by molar-refractivity contribution is 1.55. The molecule has 15 heavy (non-hydrogen) atoms. The minimum Gasteiger partial charge on any atom is -0.0836 e. The predicted octanol–water partition coefficient (Wildman–Crippen LogP) is 5.29. The molecule has 6 rings (SSSR count). The Kier molecular flexibility index (Phi) is 2.00. The summed E-state index contributed by atoms with van der Waals surface area (Å²) in [5.74, 6) is 0. The van der Waals surface area contributed by atoms with Crippen LogP contribution in [0.3, 0.4) is 0 Å². The smallest absolute Gasteiger partial charge is 0.0677 e. The van der Waals surface area contributed by atoms with Gasteiger partial charge in [-0.25, -0.2) is 0 Å². The first-order chi connectivity index (χ1) is 7.18. The first kappa shape index (κ1) is 9.53. The van der Waals surface area contributed by atoms with Crippen molar-refractivity contribution in [1.82, 2.24) is 0 Å². The summed E-state index contributed by atoms with van der Waals surface area (Å²) in [4.78, 5) is 0. The molecular formula is C12H5Cl3. The van der Waals surface area contributed by atoms with Crippen LogP contribution in [0.15, 0.2) is 30.3 Å². The van der Waals surface area contributed by atoms with E-state index in [0.29, 0.717) is 15.1 Å². The lowest BCUT2D eigenvalue weighted by Crippen LogP contribution is -1.91. The minimum atomic E-state index is 0.581. The van der Waals surface area contributed by atoms with Crippen molar-refractivity contribution in [2.24, 2.45) is 0 Å². The van der Waals surface area contributed by atoms with E-state index in [0.717, 1.165) is 22.3 Å². The first-order valence-corrected chi connectivity index (χ1v) is 5.60. The Hall–Kier alpha value is -0.690. The molecule has 0 aliphatic heterocycles. The monoisotopic (exact) mass is 254 g/mol. The van der Waals surface area contributed by atoms with Gasteiger partial charge >= 0.3 is 0 Å². The van der Waals surface area contributed by atoms with Crippen LogP contribution < -0.4 is 0 Å². The van der Waals surface area contributed by atoms with Gasteiger partial charge in [-0.15, -0.1) is 0 Å². The van der Waals surface area contributed by atoms with E-state index >= 15 is 0 Å². The second kappa shape index (κ2) is 3.15. The van der Waals surface area contributed by atoms with E-state index in [2.05, 4.69) is 0 Å². The van der Waals surface area contributed by atoms with Crippen molar-refractivity contribution >= 4 is 34.8 Å². The van der Waals surface area contributed by atoms with Gasteiger partial charge in [0.1, 0.15) is 0 Å². The number of hydrogen-bond acceptors (Lipinski definition) is 0. The highest BCUT2D eigenvalue weighted by Gasteiger charge is 2.18. The minimum absolute atomic E-state index is 0.581. The molecule has 4 aliphatic rings. The molecule has 3 heteroatoms. The van der Waals surface area contributed by atoms with Crippen LogP contribution in [0.25, 0.3) is 22.3 Å². The lowest BCUT2D eigenvalue weighted by atomic mass is 9.94. The molecule has 0 N–H and O–H groups in total. The van der Waals surface area contributed by atoms with Crippen molar-refractivity contribution in [3.05, 3.63) is 45.4 Å². The molecule has 0 saturated carbocycles. The summed E-state index contributed by atoms with van der Waals surface area (Å²) in [5.41, 5.74) is 3.75. The Labute approximate surface area is 102 Å². The summed E-state index contributed by atoms with van der Waals surface area (Å²) in [5, 5.41) is 1.90. The van der Waals surface area contributed by atoms with Crippen LogP contribution in [0.4, 0.5) is 0 Å². The van der Waals surface area contributed by atoms with E-state index in [1.165, 1.54) is 0 Å². The highest BCUT2D eigenvalue weighted by atomic mass is 35.5. The Morgan fingerprint density at radius 3 is 2.00 bits per heavy atom. The highest BCUT2D eigenvalue weighted by molar-refractivity contribution is 6.46. The maximum Gasteiger partial charge on any atom is 0.0677 e. The molecule has 0 fully saturated rings. The van der Waals surface area contributed by atoms with Gasteiger partial charge in [0, 0.05) is 21.7 Å². The SMILES string of the molecule is Clc1cc2ccc1-c1ccc-2c(Cl)c1Cl. The number of rotatable bonds is 0. The summed E-state index contributed by atoms with van der Waals surface area (Å²) < 4.78 is 0. The van der Waals surface area contributed by atoms with Gasteiger partial charge in [-0.05, 0) is 11.6 Å². The molecule has 0 radical (unpaired) electrons. The zero-order valence-electron chi connectivity index (χ0n) is 7.52. The fourth-order valence-corrected chi connectivity index (χ4v) is 2.70. The van der Waals surface area contributed by atoms with Crippen LogP contribution in [0.5, 0.6) is 0 Å². The third kappa shape index (κ3) is 1.22. The van der Waals surface area contributed by atoms with Gasteiger partial charge in [0.15, 0.2) is 0 Å². The molecule has 0 spiro atoms. The second-order valence-electron chi connectivity index (χ2n) is 3.48. The van der Waals surface area contributed by atoms with Crippen LogP contribution in [-0.2, 0) is 0 Å². The van der Waals surface area contributed by atoms with Gasteiger partial charge in [0.2, 0.25) is 0 Å². The normalized spacial score (nSPS) is 11.7. The summed E-state index contributed by atoms with van der Waals surface area (Å²) in [6.07, 6.45) is 0. The molecule has 2 aromatic carbocycles. The van der Waals surface area contributed by atoms with Crippen LogP contribution in [0.1, 0.15) is 0 Å². The van der Waals surface area contributed by atoms with Gasteiger partial charge in [-0.2, -0.15) is 0 Å². The van der Waals surface area contributed by atoms with Crippen LogP contribution in [-0.4, -0.2) is 0 Å². The molecule has 0 unspecified atom stereocenters. The molecule has 0 saturated heterocycles. The largest absolute Gasteiger partial charge is 0.0836 e. The van der Waals surface area contributed by atoms with Crippen molar-refractivity contribution in [3.8, 4) is 22.3 Å². The number of hydrogen-bond donors (Lipinski definition) is 0. The zero-order valence-corrected chi connectivity index (χ0v) is 9.79. The number of halogens is 3. The molecule has 4 aliphatic carbocycles. The average Bonchev–Trinajstić information content (AvgIpc) is 2.18. The van der Waals surface area contributed by atoms with Crippen LogP contribution >= 0.6 is 34.8 Å². The van der Waals surface area contributed by atoms with E-state index in [9.17, 15) is 0 Å². The zero-order chi connectivity index (χ0) is 10.6. The van der Waals surface area contributed by atoms with Gasteiger partial charge in [-0.1, -0.05) is 59.1 Å². The van der Waals surface area contributed by atoms with Gasteiger partial charge in [0.25, 0.3) is 0 Å². The summed E-state index contributed by atoms with van der Waals surface area (Å²) >= 11 is 18.5. The van der Waals surface area contributed by atoms with E-state index in [1.54, 1.807) is 0 Å². The topological polar surface area (TPSA) is 0 Å². The molecule has 0 aromatic heterocycles. The predicted molar refractivity (Wildman–Crippen MR) is 65.9 cm³/mol. The fraction of sp³-hybridized carbons (Fsp3) is 0. The second-order valence-corrected chi connectivity index (χ2v) is 4.65. The molecule has 0 amide bonds. The fourth-order valence-electron chi connectivity index (χ4n) is 1.88. The molecule has 0 heterocycles. The van der Waals surface area contributed by atoms with Crippen molar-refractivity contribution in [1.29, 1.82) is 0 Å². The summed E-state index contributed by atoms with van der Waals surface area (Å²) in [6, 6.07) is 9.83. The standard InChI is InChI=1S/C12H5Cl3/c13-10-5-6-1-2-8(10)9-4-3-7(6)11(14)12(9)15/h1-5H. The van der Waals surface area contributed by atoms with Crippen LogP contribution in [0.2, 0.25) is 15.1 Å². The van der Waals surface area contributed by atoms with E-state index in [-0.39, 0.29) is 0 Å². The van der Waals surface area contributed by atoms with Gasteiger partial charge < -0.3 is 0 Å². The van der Waals surface area contributed by atoms with Crippen molar-refractivity contribution in [3.63, 3.8) is 0 Å². The third-order valence-electron chi connectivity index (χ3n) is 2.65. The van der Waals surface area contributed by atoms with Crippen molar-refractivity contribution < 1.29 is 0 Å². The van der Waals surface area contributed by atoms with Gasteiger partial charge in [0.05, 0.1) is 10.0 Å². The molecule has 2 aromatic rings. The average molecular weight is 256 g/mol. The molecule has 0 nitrogen and oxygen atoms in total. The van der Waals surface area contributed by atoms with Crippen molar-refractivity contribution in [2.75, 3.05) is 0 Å².